The van der Waals surface area contributed by atoms with Crippen molar-refractivity contribution in [2.75, 3.05) is 6.61 Å². The van der Waals surface area contributed by atoms with Crippen molar-refractivity contribution < 1.29 is 5.11 Å². The second-order valence-corrected chi connectivity index (χ2v) is 7.15. The summed E-state index contributed by atoms with van der Waals surface area (Å²) in [5.74, 6) is 0. The second kappa shape index (κ2) is 12.5. The van der Waals surface area contributed by atoms with Crippen LogP contribution in [0.1, 0.15) is 61.8 Å². The quantitative estimate of drug-likeness (QED) is 0.730. The molecule has 1 N–H and O–H groups in total. The van der Waals surface area contributed by atoms with Gasteiger partial charge in [0.1, 0.15) is 0 Å². The van der Waals surface area contributed by atoms with Crippen LogP contribution < -0.4 is 0 Å². The molecule has 0 spiro atoms. The Bertz CT molecular complexity index is 228. The third-order valence-corrected chi connectivity index (χ3v) is 5.21. The van der Waals surface area contributed by atoms with Crippen molar-refractivity contribution in [3.63, 3.8) is 0 Å². The highest BCUT2D eigenvalue weighted by Crippen LogP contribution is 2.32. The summed E-state index contributed by atoms with van der Waals surface area (Å²) >= 11 is 0. The Hall–Kier alpha value is -0.200. The largest absolute Gasteiger partial charge is 0.395 e. The summed E-state index contributed by atoms with van der Waals surface area (Å²) in [5.41, 5.74) is 0. The fraction of sp³-hybridized carbons (Fsp3) is 0.933. The molecule has 0 unspecified atom stereocenters. The summed E-state index contributed by atoms with van der Waals surface area (Å²) in [4.78, 5) is 0. The van der Waals surface area contributed by atoms with Crippen LogP contribution in [-0.2, 0) is 0 Å². The Morgan fingerprint density at radius 1 is 0.850 bits per heavy atom. The number of nitriles is 1. The summed E-state index contributed by atoms with van der Waals surface area (Å²) < 4.78 is 5.14. The van der Waals surface area contributed by atoms with E-state index in [4.69, 9.17) is 10.4 Å². The Balaban J connectivity index is 0. The van der Waals surface area contributed by atoms with Crippen LogP contribution in [0.2, 0.25) is 0 Å². The van der Waals surface area contributed by atoms with Crippen molar-refractivity contribution in [3.8, 4) is 6.07 Å². The molecule has 120 valence electrons. The van der Waals surface area contributed by atoms with E-state index in [9.17, 15) is 0 Å². The maximum Gasteiger partial charge on any atom is 0.0645 e. The molecule has 0 aromatic carbocycles. The van der Waals surface area contributed by atoms with E-state index in [2.05, 4.69) is 64.7 Å². The zero-order valence-corrected chi connectivity index (χ0v) is 15.5. The first kappa shape index (κ1) is 22.1. The smallest absolute Gasteiger partial charge is 0.0645 e. The van der Waals surface area contributed by atoms with Crippen LogP contribution in [0.5, 0.6) is 0 Å². The van der Waals surface area contributed by atoms with Crippen molar-refractivity contribution in [2.24, 2.45) is 0 Å². The molecule has 0 aliphatic carbocycles. The highest BCUT2D eigenvalue weighted by molar-refractivity contribution is 7.32. The number of rotatable bonds is 7. The molecule has 0 fully saturated rings. The van der Waals surface area contributed by atoms with Gasteiger partial charge < -0.3 is 5.11 Å². The number of nitrogens with zero attached hydrogens (tertiary/aromatic N) is 3. The molecular formula is C15H34N3OP. The first-order chi connectivity index (χ1) is 9.18. The number of aliphatic hydroxyl groups is 1. The minimum atomic E-state index is -0.0174. The molecular weight excluding hydrogens is 269 g/mol. The van der Waals surface area contributed by atoms with E-state index in [1.807, 2.05) is 0 Å². The van der Waals surface area contributed by atoms with Gasteiger partial charge in [-0.25, -0.2) is 0 Å². The Labute approximate surface area is 128 Å². The fourth-order valence-corrected chi connectivity index (χ4v) is 3.03. The van der Waals surface area contributed by atoms with Gasteiger partial charge in [-0.05, 0) is 55.4 Å². The molecule has 0 aromatic heterocycles. The van der Waals surface area contributed by atoms with E-state index in [-0.39, 0.29) is 13.0 Å². The van der Waals surface area contributed by atoms with E-state index >= 15 is 0 Å². The van der Waals surface area contributed by atoms with E-state index in [1.165, 1.54) is 0 Å². The summed E-state index contributed by atoms with van der Waals surface area (Å²) in [6, 6.07) is 4.28. The van der Waals surface area contributed by atoms with Gasteiger partial charge in [-0.15, -0.1) is 0 Å². The third kappa shape index (κ3) is 10.6. The molecule has 0 rings (SSSR count). The first-order valence-corrected chi connectivity index (χ1v) is 8.39. The lowest BCUT2D eigenvalue weighted by Gasteiger charge is -2.39. The average Bonchev–Trinajstić information content (AvgIpc) is 2.29. The minimum Gasteiger partial charge on any atom is -0.395 e. The Kier molecular flexibility index (Phi) is 13.8. The topological polar surface area (TPSA) is 50.5 Å². The van der Waals surface area contributed by atoms with Crippen LogP contribution >= 0.6 is 8.88 Å². The zero-order chi connectivity index (χ0) is 16.3. The maximum atomic E-state index is 7.84. The Morgan fingerprint density at radius 3 is 1.25 bits per heavy atom. The van der Waals surface area contributed by atoms with E-state index in [0.29, 0.717) is 24.2 Å². The number of aliphatic hydroxyl groups excluding tert-OH is 1. The molecule has 0 saturated carbocycles. The van der Waals surface area contributed by atoms with Crippen LogP contribution in [0.3, 0.4) is 0 Å². The summed E-state index contributed by atoms with van der Waals surface area (Å²) in [6.07, 6.45) is 0.250. The highest BCUT2D eigenvalue weighted by atomic mass is 31.1. The van der Waals surface area contributed by atoms with Crippen LogP contribution in [-0.4, -0.2) is 45.2 Å². The van der Waals surface area contributed by atoms with Gasteiger partial charge in [-0.1, -0.05) is 0 Å². The monoisotopic (exact) mass is 303 g/mol. The molecule has 0 aliphatic heterocycles. The minimum absolute atomic E-state index is 0.0174. The number of hydrogen-bond donors (Lipinski definition) is 1. The standard InChI is InChI=1S/C12H29N2P.C3H5NO/c1-9(2)13(10(3)4)15-14(11(5)6)12(7)8;4-2-1-3-5/h9-12,15H,1-8H3;5H,1,3H2. The molecule has 4 nitrogen and oxygen atoms in total. The average molecular weight is 303 g/mol. The maximum absolute atomic E-state index is 7.84. The molecule has 0 saturated heterocycles. The molecule has 0 radical (unpaired) electrons. The predicted octanol–water partition coefficient (Wildman–Crippen LogP) is 3.62. The summed E-state index contributed by atoms with van der Waals surface area (Å²) in [5, 5.41) is 15.5. The first-order valence-electron chi connectivity index (χ1n) is 7.49. The molecule has 0 atom stereocenters. The molecule has 0 heterocycles. The van der Waals surface area contributed by atoms with Gasteiger partial charge in [-0.2, -0.15) is 5.26 Å². The van der Waals surface area contributed by atoms with Gasteiger partial charge in [0.15, 0.2) is 0 Å². The second-order valence-electron chi connectivity index (χ2n) is 5.92. The number of hydrogen-bond acceptors (Lipinski definition) is 4. The Morgan fingerprint density at radius 2 is 1.15 bits per heavy atom. The van der Waals surface area contributed by atoms with Crippen molar-refractivity contribution >= 4 is 8.88 Å². The lowest BCUT2D eigenvalue weighted by atomic mass is 10.3. The van der Waals surface area contributed by atoms with E-state index in [1.54, 1.807) is 6.07 Å². The van der Waals surface area contributed by atoms with Crippen LogP contribution in [0, 0.1) is 11.3 Å². The lowest BCUT2D eigenvalue weighted by molar-refractivity contribution is 0.267. The zero-order valence-electron chi connectivity index (χ0n) is 14.5. The van der Waals surface area contributed by atoms with Crippen molar-refractivity contribution in [2.45, 2.75) is 86.0 Å². The molecule has 0 aliphatic rings. The predicted molar refractivity (Wildman–Crippen MR) is 89.9 cm³/mol. The van der Waals surface area contributed by atoms with Gasteiger partial charge >= 0.3 is 0 Å². The summed E-state index contributed by atoms with van der Waals surface area (Å²) in [6.45, 7) is 18.3. The summed E-state index contributed by atoms with van der Waals surface area (Å²) in [7, 11) is 0.802. The van der Waals surface area contributed by atoms with Crippen LogP contribution in [0.15, 0.2) is 0 Å². The van der Waals surface area contributed by atoms with Gasteiger partial charge in [0, 0.05) is 33.0 Å². The molecule has 0 aromatic rings. The van der Waals surface area contributed by atoms with Crippen molar-refractivity contribution in [3.05, 3.63) is 0 Å². The van der Waals surface area contributed by atoms with Gasteiger partial charge in [0.2, 0.25) is 0 Å². The van der Waals surface area contributed by atoms with Crippen LogP contribution in [0.4, 0.5) is 0 Å². The highest BCUT2D eigenvalue weighted by Gasteiger charge is 2.21. The fourth-order valence-electron chi connectivity index (χ4n) is 1.84. The van der Waals surface area contributed by atoms with E-state index < -0.39 is 0 Å². The molecule has 0 bridgehead atoms. The van der Waals surface area contributed by atoms with Gasteiger partial charge in [0.25, 0.3) is 0 Å². The molecule has 5 heteroatoms. The van der Waals surface area contributed by atoms with Gasteiger partial charge in [0.05, 0.1) is 19.1 Å². The molecule has 20 heavy (non-hydrogen) atoms. The van der Waals surface area contributed by atoms with E-state index in [0.717, 1.165) is 8.88 Å². The van der Waals surface area contributed by atoms with Gasteiger partial charge in [-0.3, -0.25) is 9.34 Å². The molecule has 0 amide bonds. The third-order valence-electron chi connectivity index (χ3n) is 2.68. The van der Waals surface area contributed by atoms with Crippen molar-refractivity contribution in [1.82, 2.24) is 9.34 Å². The SMILES string of the molecule is CC(C)N(PN(C(C)C)C(C)C)C(C)C.N#CCCO. The lowest BCUT2D eigenvalue weighted by Crippen LogP contribution is -2.38. The van der Waals surface area contributed by atoms with Crippen molar-refractivity contribution in [1.29, 1.82) is 5.26 Å². The van der Waals surface area contributed by atoms with Crippen LogP contribution in [0.25, 0.3) is 0 Å². The normalized spacial score (nSPS) is 11.5.